The molecule has 0 unspecified atom stereocenters. The van der Waals surface area contributed by atoms with E-state index in [2.05, 4.69) is 22.2 Å². The maximum Gasteiger partial charge on any atom is 0.322 e. The number of nitrogens with zero attached hydrogens (tertiary/aromatic N) is 3. The van der Waals surface area contributed by atoms with Gasteiger partial charge in [0.25, 0.3) is 0 Å². The lowest BCUT2D eigenvalue weighted by Crippen LogP contribution is -2.49. The molecule has 1 N–H and O–H groups in total. The molecule has 3 heterocycles. The lowest BCUT2D eigenvalue weighted by Gasteiger charge is -2.39. The monoisotopic (exact) mass is 246 g/mol. The maximum absolute atomic E-state index is 12.1. The number of fused-ring (bicyclic) bond motifs is 1. The summed E-state index contributed by atoms with van der Waals surface area (Å²) in [7, 11) is 2.13. The number of aromatic nitrogens is 1. The number of urea groups is 1. The van der Waals surface area contributed by atoms with Crippen molar-refractivity contribution in [3.8, 4) is 0 Å². The summed E-state index contributed by atoms with van der Waals surface area (Å²) in [6.07, 6.45) is 5.62. The van der Waals surface area contributed by atoms with Gasteiger partial charge in [-0.2, -0.15) is 0 Å². The summed E-state index contributed by atoms with van der Waals surface area (Å²) >= 11 is 0. The van der Waals surface area contributed by atoms with Crippen molar-refractivity contribution < 1.29 is 4.79 Å². The van der Waals surface area contributed by atoms with Gasteiger partial charge in [-0.3, -0.25) is 4.98 Å². The quantitative estimate of drug-likeness (QED) is 0.817. The minimum atomic E-state index is 0.0186. The first-order valence-corrected chi connectivity index (χ1v) is 6.43. The van der Waals surface area contributed by atoms with Crippen molar-refractivity contribution in [1.29, 1.82) is 0 Å². The van der Waals surface area contributed by atoms with Crippen LogP contribution in [0, 0.1) is 0 Å². The minimum absolute atomic E-state index is 0.0186. The van der Waals surface area contributed by atoms with Crippen molar-refractivity contribution in [3.05, 3.63) is 24.0 Å². The maximum atomic E-state index is 12.1. The number of hydrogen-bond acceptors (Lipinski definition) is 3. The second kappa shape index (κ2) is 4.57. The Morgan fingerprint density at radius 3 is 2.94 bits per heavy atom. The predicted molar refractivity (Wildman–Crippen MR) is 69.3 cm³/mol. The first-order chi connectivity index (χ1) is 8.74. The molecule has 0 atom stereocenters. The van der Waals surface area contributed by atoms with Gasteiger partial charge in [-0.15, -0.1) is 0 Å². The van der Waals surface area contributed by atoms with Crippen molar-refractivity contribution in [2.45, 2.75) is 25.4 Å². The molecule has 1 aromatic rings. The summed E-state index contributed by atoms with van der Waals surface area (Å²) in [4.78, 5) is 20.4. The summed E-state index contributed by atoms with van der Waals surface area (Å²) in [5.41, 5.74) is 2.01. The van der Waals surface area contributed by atoms with Gasteiger partial charge in [0.15, 0.2) is 0 Å². The third-order valence-electron chi connectivity index (χ3n) is 3.88. The topological polar surface area (TPSA) is 48.5 Å². The van der Waals surface area contributed by atoms with Crippen LogP contribution in [0.25, 0.3) is 0 Å². The zero-order valence-electron chi connectivity index (χ0n) is 10.6. The molecule has 0 bridgehead atoms. The largest absolute Gasteiger partial charge is 0.322 e. The first kappa shape index (κ1) is 11.5. The van der Waals surface area contributed by atoms with Crippen LogP contribution in [0.5, 0.6) is 0 Å². The molecule has 0 saturated carbocycles. The van der Waals surface area contributed by atoms with Crippen LogP contribution in [-0.4, -0.2) is 47.0 Å². The standard InChI is InChI=1S/C13H18N4O/c1-16-6-3-11(4-7-16)17-9-10-2-5-14-8-12(10)15-13(17)18/h2,5,8,11H,3-4,6-7,9H2,1H3,(H,15,18). The van der Waals surface area contributed by atoms with Crippen LogP contribution in [-0.2, 0) is 6.54 Å². The molecular weight excluding hydrogens is 228 g/mol. The van der Waals surface area contributed by atoms with Gasteiger partial charge in [-0.1, -0.05) is 0 Å². The van der Waals surface area contributed by atoms with E-state index in [-0.39, 0.29) is 6.03 Å². The van der Waals surface area contributed by atoms with Gasteiger partial charge in [0, 0.05) is 18.8 Å². The van der Waals surface area contributed by atoms with Crippen LogP contribution in [0.4, 0.5) is 10.5 Å². The van der Waals surface area contributed by atoms with E-state index in [1.165, 1.54) is 0 Å². The molecule has 96 valence electrons. The second-order valence-electron chi connectivity index (χ2n) is 5.13. The van der Waals surface area contributed by atoms with Crippen LogP contribution in [0.3, 0.4) is 0 Å². The Balaban J connectivity index is 1.76. The van der Waals surface area contributed by atoms with E-state index >= 15 is 0 Å². The SMILES string of the molecule is CN1CCC(N2Cc3ccncc3NC2=O)CC1. The Morgan fingerprint density at radius 2 is 2.17 bits per heavy atom. The fourth-order valence-electron chi connectivity index (χ4n) is 2.72. The Labute approximate surface area is 107 Å². The molecular formula is C13H18N4O. The van der Waals surface area contributed by atoms with Crippen LogP contribution < -0.4 is 5.32 Å². The molecule has 2 aliphatic rings. The molecule has 5 nitrogen and oxygen atoms in total. The number of carbonyl (C=O) groups excluding carboxylic acids is 1. The average molecular weight is 246 g/mol. The van der Waals surface area contributed by atoms with E-state index in [9.17, 15) is 4.79 Å². The second-order valence-corrected chi connectivity index (χ2v) is 5.13. The van der Waals surface area contributed by atoms with E-state index in [1.807, 2.05) is 11.0 Å². The molecule has 2 amide bonds. The Morgan fingerprint density at radius 1 is 1.39 bits per heavy atom. The van der Waals surface area contributed by atoms with Crippen LogP contribution >= 0.6 is 0 Å². The Bertz CT molecular complexity index is 454. The highest BCUT2D eigenvalue weighted by atomic mass is 16.2. The van der Waals surface area contributed by atoms with Crippen LogP contribution in [0.2, 0.25) is 0 Å². The van der Waals surface area contributed by atoms with Crippen molar-refractivity contribution in [2.75, 3.05) is 25.5 Å². The number of anilines is 1. The van der Waals surface area contributed by atoms with Crippen LogP contribution in [0.15, 0.2) is 18.5 Å². The predicted octanol–water partition coefficient (Wildman–Crippen LogP) is 1.52. The molecule has 18 heavy (non-hydrogen) atoms. The third kappa shape index (κ3) is 2.06. The zero-order chi connectivity index (χ0) is 12.5. The molecule has 2 aliphatic heterocycles. The number of carbonyl (C=O) groups is 1. The van der Waals surface area contributed by atoms with E-state index in [0.717, 1.165) is 37.2 Å². The minimum Gasteiger partial charge on any atom is -0.317 e. The number of pyridine rings is 1. The fourth-order valence-corrected chi connectivity index (χ4v) is 2.72. The molecule has 5 heteroatoms. The van der Waals surface area contributed by atoms with Crippen molar-refractivity contribution >= 4 is 11.7 Å². The van der Waals surface area contributed by atoms with Gasteiger partial charge < -0.3 is 15.1 Å². The normalized spacial score (nSPS) is 21.6. The summed E-state index contributed by atoms with van der Waals surface area (Å²) in [6.45, 7) is 2.84. The highest BCUT2D eigenvalue weighted by molar-refractivity contribution is 5.92. The summed E-state index contributed by atoms with van der Waals surface area (Å²) in [5, 5.41) is 2.93. The summed E-state index contributed by atoms with van der Waals surface area (Å²) in [5.74, 6) is 0. The van der Waals surface area contributed by atoms with Crippen LogP contribution in [0.1, 0.15) is 18.4 Å². The molecule has 1 aromatic heterocycles. The first-order valence-electron chi connectivity index (χ1n) is 6.43. The number of nitrogens with one attached hydrogen (secondary N) is 1. The fraction of sp³-hybridized carbons (Fsp3) is 0.538. The van der Waals surface area contributed by atoms with Gasteiger partial charge in [-0.05, 0) is 44.6 Å². The zero-order valence-corrected chi connectivity index (χ0v) is 10.6. The Kier molecular flexibility index (Phi) is 2.91. The summed E-state index contributed by atoms with van der Waals surface area (Å²) in [6, 6.07) is 2.36. The van der Waals surface area contributed by atoms with E-state index in [4.69, 9.17) is 0 Å². The molecule has 0 aromatic carbocycles. The van der Waals surface area contributed by atoms with Crippen molar-refractivity contribution in [2.24, 2.45) is 0 Å². The molecule has 1 fully saturated rings. The highest BCUT2D eigenvalue weighted by Crippen LogP contribution is 2.26. The van der Waals surface area contributed by atoms with Crippen molar-refractivity contribution in [3.63, 3.8) is 0 Å². The number of hydrogen-bond donors (Lipinski definition) is 1. The van der Waals surface area contributed by atoms with Crippen molar-refractivity contribution in [1.82, 2.24) is 14.8 Å². The van der Waals surface area contributed by atoms with Gasteiger partial charge >= 0.3 is 6.03 Å². The van der Waals surface area contributed by atoms with Gasteiger partial charge in [0.2, 0.25) is 0 Å². The number of likely N-dealkylation sites (tertiary alicyclic amines) is 1. The molecule has 0 aliphatic carbocycles. The number of rotatable bonds is 1. The third-order valence-corrected chi connectivity index (χ3v) is 3.88. The van der Waals surface area contributed by atoms with E-state index < -0.39 is 0 Å². The Hall–Kier alpha value is -1.62. The average Bonchev–Trinajstić information content (AvgIpc) is 2.39. The molecule has 3 rings (SSSR count). The number of amides is 2. The van der Waals surface area contributed by atoms with Gasteiger partial charge in [-0.25, -0.2) is 4.79 Å². The summed E-state index contributed by atoms with van der Waals surface area (Å²) < 4.78 is 0. The molecule has 0 spiro atoms. The molecule has 1 saturated heterocycles. The van der Waals surface area contributed by atoms with Gasteiger partial charge in [0.05, 0.1) is 11.9 Å². The van der Waals surface area contributed by atoms with Gasteiger partial charge in [0.1, 0.15) is 0 Å². The number of piperidine rings is 1. The van der Waals surface area contributed by atoms with E-state index in [1.54, 1.807) is 12.4 Å². The smallest absolute Gasteiger partial charge is 0.317 e. The lowest BCUT2D eigenvalue weighted by molar-refractivity contribution is 0.133. The molecule has 0 radical (unpaired) electrons. The highest BCUT2D eigenvalue weighted by Gasteiger charge is 2.30. The van der Waals surface area contributed by atoms with E-state index in [0.29, 0.717) is 12.6 Å². The lowest BCUT2D eigenvalue weighted by atomic mass is 10.0.